The van der Waals surface area contributed by atoms with Crippen LogP contribution in [0.1, 0.15) is 24.2 Å². The topological polar surface area (TPSA) is 79.0 Å². The summed E-state index contributed by atoms with van der Waals surface area (Å²) in [5, 5.41) is 0. The fourth-order valence-electron chi connectivity index (χ4n) is 1.84. The summed E-state index contributed by atoms with van der Waals surface area (Å²) in [6.45, 7) is 2.83. The molecule has 1 aromatic carbocycles. The van der Waals surface area contributed by atoms with Crippen LogP contribution >= 0.6 is 11.3 Å². The van der Waals surface area contributed by atoms with Gasteiger partial charge in [-0.3, -0.25) is 4.79 Å². The van der Waals surface area contributed by atoms with Gasteiger partial charge in [0.15, 0.2) is 4.21 Å². The Kier molecular flexibility index (Phi) is 4.26. The molecule has 1 aromatic heterocycles. The van der Waals surface area contributed by atoms with Crippen LogP contribution in [-0.4, -0.2) is 13.4 Å². The zero-order chi connectivity index (χ0) is 15.8. The number of H-pyrrole nitrogens is 1. The highest BCUT2D eigenvalue weighted by Gasteiger charge is 2.24. The van der Waals surface area contributed by atoms with Gasteiger partial charge in [0.2, 0.25) is 0 Å². The first-order valence-electron chi connectivity index (χ1n) is 5.87. The van der Waals surface area contributed by atoms with Crippen molar-refractivity contribution in [2.24, 2.45) is 0 Å². The van der Waals surface area contributed by atoms with E-state index in [1.807, 2.05) is 0 Å². The van der Waals surface area contributed by atoms with Gasteiger partial charge in [0.1, 0.15) is 11.6 Å². The molecule has 0 saturated carbocycles. The van der Waals surface area contributed by atoms with Crippen LogP contribution in [0.4, 0.5) is 8.78 Å². The van der Waals surface area contributed by atoms with Crippen molar-refractivity contribution in [2.75, 3.05) is 0 Å². The van der Waals surface area contributed by atoms with Gasteiger partial charge in [-0.25, -0.2) is 21.9 Å². The minimum Gasteiger partial charge on any atom is -0.315 e. The predicted octanol–water partition coefficient (Wildman–Crippen LogP) is 2.06. The van der Waals surface area contributed by atoms with Gasteiger partial charge in [-0.2, -0.15) is 0 Å². The van der Waals surface area contributed by atoms with Crippen LogP contribution < -0.4 is 9.60 Å². The van der Waals surface area contributed by atoms with E-state index < -0.39 is 32.6 Å². The molecule has 1 heterocycles. The summed E-state index contributed by atoms with van der Waals surface area (Å²) >= 11 is 0.536. The molecule has 1 atom stereocenters. The number of thiazole rings is 1. The maximum absolute atomic E-state index is 13.6. The molecule has 2 N–H and O–H groups in total. The van der Waals surface area contributed by atoms with Crippen LogP contribution in [0.3, 0.4) is 0 Å². The van der Waals surface area contributed by atoms with Crippen molar-refractivity contribution in [3.05, 3.63) is 50.8 Å². The maximum atomic E-state index is 13.6. The van der Waals surface area contributed by atoms with E-state index in [-0.39, 0.29) is 15.5 Å². The third-order valence-corrected chi connectivity index (χ3v) is 5.93. The van der Waals surface area contributed by atoms with Crippen molar-refractivity contribution < 1.29 is 17.2 Å². The summed E-state index contributed by atoms with van der Waals surface area (Å²) in [4.78, 5) is 13.0. The molecule has 114 valence electrons. The second-order valence-corrected chi connectivity index (χ2v) is 7.33. The molecule has 0 aliphatic heterocycles. The fourth-order valence-corrected chi connectivity index (χ4v) is 4.38. The molecular formula is C12H12F2N2O3S2. The second kappa shape index (κ2) is 5.66. The lowest BCUT2D eigenvalue weighted by Gasteiger charge is -2.15. The van der Waals surface area contributed by atoms with Gasteiger partial charge in [-0.1, -0.05) is 11.3 Å². The molecular weight excluding hydrogens is 322 g/mol. The van der Waals surface area contributed by atoms with Gasteiger partial charge >= 0.3 is 4.87 Å². The Bertz CT molecular complexity index is 827. The molecule has 1 unspecified atom stereocenters. The van der Waals surface area contributed by atoms with Crippen molar-refractivity contribution in [1.29, 1.82) is 0 Å². The van der Waals surface area contributed by atoms with E-state index in [9.17, 15) is 22.0 Å². The van der Waals surface area contributed by atoms with Gasteiger partial charge in [-0.15, -0.1) is 0 Å². The first-order valence-corrected chi connectivity index (χ1v) is 8.17. The van der Waals surface area contributed by atoms with E-state index in [1.54, 1.807) is 0 Å². The number of aromatic amines is 1. The molecule has 0 saturated heterocycles. The molecule has 0 aliphatic rings. The smallest absolute Gasteiger partial charge is 0.305 e. The summed E-state index contributed by atoms with van der Waals surface area (Å²) in [5.74, 6) is -1.38. The van der Waals surface area contributed by atoms with E-state index >= 15 is 0 Å². The minimum atomic E-state index is -4.00. The Morgan fingerprint density at radius 2 is 2.00 bits per heavy atom. The third-order valence-electron chi connectivity index (χ3n) is 2.78. The number of halogens is 2. The summed E-state index contributed by atoms with van der Waals surface area (Å²) in [6.07, 6.45) is 0. The SMILES string of the molecule is Cc1[nH]c(=O)sc1S(=O)(=O)NC(C)c1cc(F)ccc1F. The number of benzene rings is 1. The molecule has 0 amide bonds. The molecule has 0 fully saturated rings. The quantitative estimate of drug-likeness (QED) is 0.898. The maximum Gasteiger partial charge on any atom is 0.305 e. The highest BCUT2D eigenvalue weighted by Crippen LogP contribution is 2.22. The van der Waals surface area contributed by atoms with Gasteiger partial charge in [0.25, 0.3) is 10.0 Å². The van der Waals surface area contributed by atoms with Gasteiger partial charge < -0.3 is 4.98 Å². The molecule has 0 aliphatic carbocycles. The minimum absolute atomic E-state index is 0.112. The average Bonchev–Trinajstić information content (AvgIpc) is 2.71. The molecule has 2 aromatic rings. The number of hydrogen-bond donors (Lipinski definition) is 2. The zero-order valence-corrected chi connectivity index (χ0v) is 12.7. The lowest BCUT2D eigenvalue weighted by Crippen LogP contribution is -2.27. The first-order chi connectivity index (χ1) is 9.70. The molecule has 2 rings (SSSR count). The van der Waals surface area contributed by atoms with Gasteiger partial charge in [0, 0.05) is 17.3 Å². The standard InChI is InChI=1S/C12H12F2N2O3S2/c1-6(9-5-8(13)3-4-10(9)14)16-21(18,19)11-7(2)15-12(17)20-11/h3-6,16H,1-2H3,(H,15,17). The van der Waals surface area contributed by atoms with E-state index in [0.717, 1.165) is 18.2 Å². The largest absolute Gasteiger partial charge is 0.315 e. The number of rotatable bonds is 4. The first kappa shape index (κ1) is 15.8. The van der Waals surface area contributed by atoms with Crippen LogP contribution in [0.2, 0.25) is 0 Å². The van der Waals surface area contributed by atoms with Crippen LogP contribution in [0, 0.1) is 18.6 Å². The van der Waals surface area contributed by atoms with Crippen molar-refractivity contribution in [1.82, 2.24) is 9.71 Å². The fraction of sp³-hybridized carbons (Fsp3) is 0.250. The monoisotopic (exact) mass is 334 g/mol. The van der Waals surface area contributed by atoms with Crippen LogP contribution in [0.15, 0.2) is 27.2 Å². The highest BCUT2D eigenvalue weighted by atomic mass is 32.2. The van der Waals surface area contributed by atoms with Crippen molar-refractivity contribution in [3.8, 4) is 0 Å². The molecule has 5 nitrogen and oxygen atoms in total. The Morgan fingerprint density at radius 1 is 1.33 bits per heavy atom. The molecule has 0 radical (unpaired) electrons. The summed E-state index contributed by atoms with van der Waals surface area (Å²) < 4.78 is 53.2. The lowest BCUT2D eigenvalue weighted by atomic mass is 10.1. The predicted molar refractivity (Wildman–Crippen MR) is 74.8 cm³/mol. The number of sulfonamides is 1. The Balaban J connectivity index is 2.34. The number of hydrogen-bond acceptors (Lipinski definition) is 4. The molecule has 21 heavy (non-hydrogen) atoms. The molecule has 0 bridgehead atoms. The van der Waals surface area contributed by atoms with Crippen LogP contribution in [-0.2, 0) is 10.0 Å². The Labute approximate surface area is 123 Å². The normalized spacial score (nSPS) is 13.3. The van der Waals surface area contributed by atoms with Crippen LogP contribution in [0.5, 0.6) is 0 Å². The number of nitrogens with one attached hydrogen (secondary N) is 2. The van der Waals surface area contributed by atoms with E-state index in [0.29, 0.717) is 11.3 Å². The summed E-state index contributed by atoms with van der Waals surface area (Å²) in [6, 6.07) is 1.81. The summed E-state index contributed by atoms with van der Waals surface area (Å²) in [7, 11) is -4.00. The van der Waals surface area contributed by atoms with E-state index in [1.165, 1.54) is 13.8 Å². The number of aromatic nitrogens is 1. The van der Waals surface area contributed by atoms with Gasteiger partial charge in [0.05, 0.1) is 0 Å². The highest BCUT2D eigenvalue weighted by molar-refractivity contribution is 7.91. The van der Waals surface area contributed by atoms with Crippen molar-refractivity contribution >= 4 is 21.4 Å². The average molecular weight is 334 g/mol. The summed E-state index contributed by atoms with van der Waals surface area (Å²) in [5.41, 5.74) is 0.0866. The number of aryl methyl sites for hydroxylation is 1. The third kappa shape index (κ3) is 3.36. The Morgan fingerprint density at radius 3 is 2.57 bits per heavy atom. The van der Waals surface area contributed by atoms with E-state index in [4.69, 9.17) is 0 Å². The Hall–Kier alpha value is -1.58. The zero-order valence-electron chi connectivity index (χ0n) is 11.1. The molecule has 9 heteroatoms. The van der Waals surface area contributed by atoms with Gasteiger partial charge in [-0.05, 0) is 32.0 Å². The van der Waals surface area contributed by atoms with Crippen LogP contribution in [0.25, 0.3) is 0 Å². The van der Waals surface area contributed by atoms with Crippen molar-refractivity contribution in [2.45, 2.75) is 24.1 Å². The molecule has 0 spiro atoms. The van der Waals surface area contributed by atoms with E-state index in [2.05, 4.69) is 9.71 Å². The van der Waals surface area contributed by atoms with Crippen molar-refractivity contribution in [3.63, 3.8) is 0 Å². The second-order valence-electron chi connectivity index (χ2n) is 4.44. The lowest BCUT2D eigenvalue weighted by molar-refractivity contribution is 0.542.